The molecular formula is C12H14ClN3O3S. The molecule has 2 heterocycles. The highest BCUT2D eigenvalue weighted by Gasteiger charge is 2.23. The molecule has 0 fully saturated rings. The number of nitrogens with zero attached hydrogens (tertiary/aromatic N) is 2. The van der Waals surface area contributed by atoms with Crippen LogP contribution in [0.2, 0.25) is 5.02 Å². The highest BCUT2D eigenvalue weighted by Crippen LogP contribution is 2.25. The number of aromatic nitrogens is 3. The van der Waals surface area contributed by atoms with Crippen molar-refractivity contribution < 1.29 is 9.53 Å². The summed E-state index contributed by atoms with van der Waals surface area (Å²) in [5.74, 6) is 0.233. The number of nitrogens with one attached hydrogen (secondary N) is 1. The standard InChI is InChI=1S/C12H14ClN3O3S/c1-4-19-12(18)7-9-14-6(3)8(13)11(17)16(9)15-10(7)20-5-2/h15H,4-5H2,1-3H3. The minimum Gasteiger partial charge on any atom is -0.462 e. The Balaban J connectivity index is 2.78. The second-order valence-electron chi connectivity index (χ2n) is 3.94. The molecule has 0 unspecified atom stereocenters. The molecule has 108 valence electrons. The maximum atomic E-state index is 12.1. The number of ether oxygens (including phenoxy) is 1. The number of esters is 1. The molecule has 8 heteroatoms. The average Bonchev–Trinajstić information content (AvgIpc) is 2.75. The molecule has 0 aliphatic rings. The van der Waals surface area contributed by atoms with Gasteiger partial charge in [-0.15, -0.1) is 11.8 Å². The zero-order chi connectivity index (χ0) is 14.9. The van der Waals surface area contributed by atoms with Crippen molar-refractivity contribution in [2.24, 2.45) is 0 Å². The molecule has 0 saturated heterocycles. The van der Waals surface area contributed by atoms with Crippen molar-refractivity contribution in [1.82, 2.24) is 14.6 Å². The van der Waals surface area contributed by atoms with Crippen LogP contribution in [0.3, 0.4) is 0 Å². The van der Waals surface area contributed by atoms with E-state index >= 15 is 0 Å². The second kappa shape index (κ2) is 5.88. The monoisotopic (exact) mass is 315 g/mol. The van der Waals surface area contributed by atoms with Crippen LogP contribution in [-0.4, -0.2) is 32.9 Å². The number of H-pyrrole nitrogens is 1. The Morgan fingerprint density at radius 1 is 1.50 bits per heavy atom. The van der Waals surface area contributed by atoms with E-state index in [9.17, 15) is 9.59 Å². The lowest BCUT2D eigenvalue weighted by Crippen LogP contribution is -2.17. The van der Waals surface area contributed by atoms with Crippen molar-refractivity contribution in [1.29, 1.82) is 0 Å². The van der Waals surface area contributed by atoms with Crippen molar-refractivity contribution >= 4 is 35.0 Å². The van der Waals surface area contributed by atoms with Crippen LogP contribution in [0.4, 0.5) is 0 Å². The molecule has 2 aromatic rings. The molecule has 20 heavy (non-hydrogen) atoms. The number of hydrogen-bond acceptors (Lipinski definition) is 5. The van der Waals surface area contributed by atoms with E-state index in [0.717, 1.165) is 5.75 Å². The lowest BCUT2D eigenvalue weighted by Gasteiger charge is -2.02. The number of carbonyl (C=O) groups is 1. The van der Waals surface area contributed by atoms with Crippen LogP contribution in [0.1, 0.15) is 29.9 Å². The maximum absolute atomic E-state index is 12.1. The first-order valence-electron chi connectivity index (χ1n) is 6.12. The van der Waals surface area contributed by atoms with Gasteiger partial charge in [0.2, 0.25) is 0 Å². The molecule has 0 aliphatic heterocycles. The SMILES string of the molecule is CCOC(=O)c1c(SCC)[nH]n2c(=O)c(Cl)c(C)nc12. The van der Waals surface area contributed by atoms with Gasteiger partial charge in [0.1, 0.15) is 15.6 Å². The van der Waals surface area contributed by atoms with Crippen LogP contribution in [-0.2, 0) is 4.74 Å². The smallest absolute Gasteiger partial charge is 0.344 e. The number of halogens is 1. The lowest BCUT2D eigenvalue weighted by molar-refractivity contribution is 0.0524. The number of fused-ring (bicyclic) bond motifs is 1. The van der Waals surface area contributed by atoms with Gasteiger partial charge in [0, 0.05) is 0 Å². The first-order valence-corrected chi connectivity index (χ1v) is 7.48. The first kappa shape index (κ1) is 14.9. The molecule has 0 bridgehead atoms. The van der Waals surface area contributed by atoms with Gasteiger partial charge in [0.15, 0.2) is 5.65 Å². The number of aromatic amines is 1. The lowest BCUT2D eigenvalue weighted by atomic mass is 10.3. The number of aryl methyl sites for hydroxylation is 1. The molecule has 6 nitrogen and oxygen atoms in total. The normalized spacial score (nSPS) is 11.0. The van der Waals surface area contributed by atoms with Crippen molar-refractivity contribution in [3.63, 3.8) is 0 Å². The van der Waals surface area contributed by atoms with Crippen LogP contribution < -0.4 is 5.56 Å². The van der Waals surface area contributed by atoms with Gasteiger partial charge in [-0.1, -0.05) is 18.5 Å². The fourth-order valence-electron chi connectivity index (χ4n) is 1.77. The minimum atomic E-state index is -0.504. The second-order valence-corrected chi connectivity index (χ2v) is 5.60. The summed E-state index contributed by atoms with van der Waals surface area (Å²) in [6.45, 7) is 5.54. The summed E-state index contributed by atoms with van der Waals surface area (Å²) in [6.07, 6.45) is 0. The highest BCUT2D eigenvalue weighted by molar-refractivity contribution is 7.99. The number of rotatable bonds is 4. The molecule has 2 rings (SSSR count). The van der Waals surface area contributed by atoms with Gasteiger partial charge in [-0.05, 0) is 19.6 Å². The fourth-order valence-corrected chi connectivity index (χ4v) is 2.66. The fraction of sp³-hybridized carbons (Fsp3) is 0.417. The van der Waals surface area contributed by atoms with Crippen LogP contribution in [0, 0.1) is 6.92 Å². The Kier molecular flexibility index (Phi) is 4.39. The minimum absolute atomic E-state index is 0.0345. The zero-order valence-electron chi connectivity index (χ0n) is 11.3. The van der Waals surface area contributed by atoms with E-state index in [-0.39, 0.29) is 22.8 Å². The van der Waals surface area contributed by atoms with Gasteiger partial charge in [-0.25, -0.2) is 9.78 Å². The first-order chi connectivity index (χ1) is 9.51. The van der Waals surface area contributed by atoms with E-state index in [1.807, 2.05) is 6.92 Å². The van der Waals surface area contributed by atoms with Gasteiger partial charge in [-0.3, -0.25) is 9.89 Å². The largest absolute Gasteiger partial charge is 0.462 e. The molecule has 0 atom stereocenters. The van der Waals surface area contributed by atoms with Gasteiger partial charge in [-0.2, -0.15) is 4.52 Å². The van der Waals surface area contributed by atoms with Crippen molar-refractivity contribution in [3.8, 4) is 0 Å². The third-order valence-corrected chi connectivity index (χ3v) is 3.93. The Bertz CT molecular complexity index is 723. The number of hydrogen-bond donors (Lipinski definition) is 1. The average molecular weight is 316 g/mol. The Morgan fingerprint density at radius 2 is 2.20 bits per heavy atom. The summed E-state index contributed by atoms with van der Waals surface area (Å²) in [7, 11) is 0. The third kappa shape index (κ3) is 2.43. The summed E-state index contributed by atoms with van der Waals surface area (Å²) >= 11 is 7.30. The van der Waals surface area contributed by atoms with Crippen LogP contribution in [0.25, 0.3) is 5.65 Å². The van der Waals surface area contributed by atoms with Crippen molar-refractivity contribution in [3.05, 3.63) is 26.6 Å². The molecule has 2 aromatic heterocycles. The highest BCUT2D eigenvalue weighted by atomic mass is 35.5. The maximum Gasteiger partial charge on any atom is 0.344 e. The quantitative estimate of drug-likeness (QED) is 0.692. The van der Waals surface area contributed by atoms with Crippen LogP contribution >= 0.6 is 23.4 Å². The van der Waals surface area contributed by atoms with Crippen molar-refractivity contribution in [2.45, 2.75) is 25.8 Å². The molecule has 0 radical (unpaired) electrons. The van der Waals surface area contributed by atoms with E-state index in [4.69, 9.17) is 16.3 Å². The molecule has 0 amide bonds. The zero-order valence-corrected chi connectivity index (χ0v) is 12.9. The number of thioether (sulfide) groups is 1. The topological polar surface area (TPSA) is 76.5 Å². The van der Waals surface area contributed by atoms with Gasteiger partial charge >= 0.3 is 5.97 Å². The molecule has 0 aliphatic carbocycles. The van der Waals surface area contributed by atoms with Crippen LogP contribution in [0.5, 0.6) is 0 Å². The Morgan fingerprint density at radius 3 is 2.80 bits per heavy atom. The predicted molar refractivity (Wildman–Crippen MR) is 77.9 cm³/mol. The molecular weight excluding hydrogens is 302 g/mol. The summed E-state index contributed by atoms with van der Waals surface area (Å²) in [6, 6.07) is 0. The Labute approximate surface area is 124 Å². The molecule has 0 saturated carbocycles. The molecule has 0 aromatic carbocycles. The third-order valence-electron chi connectivity index (χ3n) is 2.63. The molecule has 1 N–H and O–H groups in total. The summed E-state index contributed by atoms with van der Waals surface area (Å²) in [4.78, 5) is 28.4. The van der Waals surface area contributed by atoms with Gasteiger partial charge < -0.3 is 4.74 Å². The molecule has 0 spiro atoms. The van der Waals surface area contributed by atoms with Gasteiger partial charge in [0.25, 0.3) is 5.56 Å². The summed E-state index contributed by atoms with van der Waals surface area (Å²) in [5.41, 5.74) is 0.471. The summed E-state index contributed by atoms with van der Waals surface area (Å²) in [5, 5.41) is 3.45. The van der Waals surface area contributed by atoms with E-state index in [1.54, 1.807) is 13.8 Å². The van der Waals surface area contributed by atoms with E-state index < -0.39 is 11.5 Å². The Hall–Kier alpha value is -1.47. The van der Waals surface area contributed by atoms with E-state index in [2.05, 4.69) is 10.1 Å². The van der Waals surface area contributed by atoms with Crippen LogP contribution in [0.15, 0.2) is 9.82 Å². The summed E-state index contributed by atoms with van der Waals surface area (Å²) < 4.78 is 6.21. The van der Waals surface area contributed by atoms with E-state index in [1.165, 1.54) is 16.3 Å². The predicted octanol–water partition coefficient (Wildman–Crippen LogP) is 2.27. The van der Waals surface area contributed by atoms with Gasteiger partial charge in [0.05, 0.1) is 12.3 Å². The number of carbonyl (C=O) groups excluding carboxylic acids is 1. The van der Waals surface area contributed by atoms with Crippen molar-refractivity contribution in [2.75, 3.05) is 12.4 Å². The van der Waals surface area contributed by atoms with E-state index in [0.29, 0.717) is 10.7 Å².